The van der Waals surface area contributed by atoms with Gasteiger partial charge in [0.25, 0.3) is 6.43 Å². The maximum atomic E-state index is 13.4. The number of rotatable bonds is 6. The zero-order valence-electron chi connectivity index (χ0n) is 17.3. The Kier molecular flexibility index (Phi) is 6.27. The first-order valence-corrected chi connectivity index (χ1v) is 12.4. The lowest BCUT2D eigenvalue weighted by molar-refractivity contribution is 0.146. The number of fused-ring (bicyclic) bond motifs is 1. The summed E-state index contributed by atoms with van der Waals surface area (Å²) in [7, 11) is -1.48. The summed E-state index contributed by atoms with van der Waals surface area (Å²) in [6.07, 6.45) is 2.81. The van der Waals surface area contributed by atoms with E-state index >= 15 is 0 Å². The Hall–Kier alpha value is -2.45. The van der Waals surface area contributed by atoms with Crippen LogP contribution in [0.25, 0.3) is 10.9 Å². The number of hydrogen-bond acceptors (Lipinski definition) is 8. The Labute approximate surface area is 191 Å². The third kappa shape index (κ3) is 4.96. The monoisotopic (exact) mass is 530 g/mol. The molecule has 0 saturated carbocycles. The molecule has 3 aromatic heterocycles. The van der Waals surface area contributed by atoms with Crippen LogP contribution in [0.15, 0.2) is 22.9 Å². The second-order valence-electron chi connectivity index (χ2n) is 7.53. The van der Waals surface area contributed by atoms with Gasteiger partial charge in [0.05, 0.1) is 10.7 Å². The predicted octanol–water partition coefficient (Wildman–Crippen LogP) is 3.04. The average molecular weight is 531 g/mol. The zero-order valence-corrected chi connectivity index (χ0v) is 19.7. The molecule has 0 radical (unpaired) electrons. The summed E-state index contributed by atoms with van der Waals surface area (Å²) >= 11 is 3.37. The van der Waals surface area contributed by atoms with Gasteiger partial charge in [-0.1, -0.05) is 0 Å². The van der Waals surface area contributed by atoms with Gasteiger partial charge in [0, 0.05) is 44.0 Å². The molecule has 3 aromatic rings. The first-order valence-electron chi connectivity index (χ1n) is 9.74. The minimum absolute atomic E-state index is 0.0138. The molecule has 14 heteroatoms. The van der Waals surface area contributed by atoms with E-state index in [0.29, 0.717) is 53.1 Å². The van der Waals surface area contributed by atoms with Crippen molar-refractivity contribution >= 4 is 54.4 Å². The Morgan fingerprint density at radius 3 is 2.53 bits per heavy atom. The molecule has 172 valence electrons. The summed E-state index contributed by atoms with van der Waals surface area (Å²) < 4.78 is 53.8. The number of alkyl halides is 2. The normalized spacial score (nSPS) is 16.1. The Bertz CT molecular complexity index is 1250. The van der Waals surface area contributed by atoms with Crippen LogP contribution < -0.4 is 10.6 Å². The van der Waals surface area contributed by atoms with Crippen LogP contribution in [-0.2, 0) is 17.1 Å². The summed E-state index contributed by atoms with van der Waals surface area (Å²) in [5, 5.41) is 10.8. The highest BCUT2D eigenvalue weighted by Crippen LogP contribution is 2.30. The van der Waals surface area contributed by atoms with Crippen molar-refractivity contribution in [3.63, 3.8) is 0 Å². The number of aromatic nitrogens is 5. The molecule has 4 rings (SSSR count). The van der Waals surface area contributed by atoms with Crippen molar-refractivity contribution in [2.75, 3.05) is 30.0 Å². The van der Waals surface area contributed by atoms with Gasteiger partial charge in [-0.15, -0.1) is 0 Å². The standard InChI is InChI=1S/C18H21BrF2N8O2S/c1-28-9-12(19)16(27-28)26-17-14-10(7-13(24-17)15(20)21)8-22-18(25-14)23-11-3-5-29(6-4-11)32(2,30)31/h7-9,11,15H,3-6H2,1-2H3,(H,22,23,25)(H,24,26,27). The maximum Gasteiger partial charge on any atom is 0.280 e. The smallest absolute Gasteiger partial charge is 0.280 e. The van der Waals surface area contributed by atoms with E-state index in [2.05, 4.69) is 46.6 Å². The minimum Gasteiger partial charge on any atom is -0.351 e. The average Bonchev–Trinajstić information content (AvgIpc) is 3.04. The van der Waals surface area contributed by atoms with E-state index in [4.69, 9.17) is 0 Å². The van der Waals surface area contributed by atoms with Gasteiger partial charge in [-0.05, 0) is 34.8 Å². The van der Waals surface area contributed by atoms with Gasteiger partial charge in [0.1, 0.15) is 11.2 Å². The highest BCUT2D eigenvalue weighted by Gasteiger charge is 2.25. The Morgan fingerprint density at radius 2 is 1.94 bits per heavy atom. The maximum absolute atomic E-state index is 13.4. The molecule has 1 aliphatic rings. The van der Waals surface area contributed by atoms with Gasteiger partial charge >= 0.3 is 0 Å². The van der Waals surface area contributed by atoms with E-state index in [9.17, 15) is 17.2 Å². The van der Waals surface area contributed by atoms with Crippen LogP contribution in [0, 0.1) is 0 Å². The second-order valence-corrected chi connectivity index (χ2v) is 10.4. The number of anilines is 3. The third-order valence-corrected chi connectivity index (χ3v) is 6.97. The van der Waals surface area contributed by atoms with Crippen LogP contribution >= 0.6 is 15.9 Å². The van der Waals surface area contributed by atoms with Gasteiger partial charge in [0.2, 0.25) is 16.0 Å². The van der Waals surface area contributed by atoms with Gasteiger partial charge in [0.15, 0.2) is 11.6 Å². The molecular weight excluding hydrogens is 510 g/mol. The van der Waals surface area contributed by atoms with Gasteiger partial charge in [-0.3, -0.25) is 4.68 Å². The molecular formula is C18H21BrF2N8O2S. The summed E-state index contributed by atoms with van der Waals surface area (Å²) in [4.78, 5) is 12.8. The molecule has 0 bridgehead atoms. The molecule has 0 unspecified atom stereocenters. The van der Waals surface area contributed by atoms with Crippen molar-refractivity contribution in [2.24, 2.45) is 7.05 Å². The van der Waals surface area contributed by atoms with Crippen LogP contribution in [0.2, 0.25) is 0 Å². The van der Waals surface area contributed by atoms with Crippen LogP contribution in [0.4, 0.5) is 26.4 Å². The fourth-order valence-electron chi connectivity index (χ4n) is 3.50. The highest BCUT2D eigenvalue weighted by atomic mass is 79.9. The number of halogens is 3. The summed E-state index contributed by atoms with van der Waals surface area (Å²) in [6.45, 7) is 0.813. The van der Waals surface area contributed by atoms with E-state index in [1.807, 2.05) is 0 Å². The number of nitrogens with zero attached hydrogens (tertiary/aromatic N) is 6. The number of pyridine rings is 1. The second kappa shape index (κ2) is 8.83. The van der Waals surface area contributed by atoms with Gasteiger partial charge < -0.3 is 10.6 Å². The molecule has 1 fully saturated rings. The fourth-order valence-corrected chi connectivity index (χ4v) is 4.85. The topological polar surface area (TPSA) is 118 Å². The van der Waals surface area contributed by atoms with Crippen LogP contribution in [0.3, 0.4) is 0 Å². The third-order valence-electron chi connectivity index (χ3n) is 5.09. The zero-order chi connectivity index (χ0) is 23.0. The first kappa shape index (κ1) is 22.7. The molecule has 0 spiro atoms. The van der Waals surface area contributed by atoms with E-state index in [1.165, 1.54) is 22.8 Å². The molecule has 2 N–H and O–H groups in total. The minimum atomic E-state index is -3.21. The van der Waals surface area contributed by atoms with Crippen LogP contribution in [0.5, 0.6) is 0 Å². The summed E-state index contributed by atoms with van der Waals surface area (Å²) in [5.74, 6) is 0.855. The van der Waals surface area contributed by atoms with Crippen LogP contribution in [0.1, 0.15) is 25.0 Å². The largest absolute Gasteiger partial charge is 0.351 e. The van der Waals surface area contributed by atoms with Crippen molar-refractivity contribution < 1.29 is 17.2 Å². The Morgan fingerprint density at radius 1 is 1.22 bits per heavy atom. The molecule has 32 heavy (non-hydrogen) atoms. The van der Waals surface area contributed by atoms with E-state index in [0.717, 1.165) is 0 Å². The van der Waals surface area contributed by atoms with Gasteiger partial charge in [-0.25, -0.2) is 36.5 Å². The lowest BCUT2D eigenvalue weighted by atomic mass is 10.1. The van der Waals surface area contributed by atoms with Crippen molar-refractivity contribution in [3.8, 4) is 0 Å². The van der Waals surface area contributed by atoms with E-state index < -0.39 is 22.1 Å². The molecule has 4 heterocycles. The number of aryl methyl sites for hydroxylation is 1. The van der Waals surface area contributed by atoms with Crippen molar-refractivity contribution in [1.82, 2.24) is 29.0 Å². The summed E-state index contributed by atoms with van der Waals surface area (Å²) in [6, 6.07) is 1.24. The lowest BCUT2D eigenvalue weighted by Crippen LogP contribution is -2.42. The number of piperidine rings is 1. The molecule has 0 atom stereocenters. The van der Waals surface area contributed by atoms with E-state index in [-0.39, 0.29) is 11.9 Å². The number of hydrogen-bond donors (Lipinski definition) is 2. The SMILES string of the molecule is Cn1cc(Br)c(Nc2nc(C(F)F)cc3cnc(NC4CCN(S(C)(=O)=O)CC4)nc23)n1. The van der Waals surface area contributed by atoms with Gasteiger partial charge in [-0.2, -0.15) is 5.10 Å². The fraction of sp³-hybridized carbons (Fsp3) is 0.444. The molecule has 10 nitrogen and oxygen atoms in total. The van der Waals surface area contributed by atoms with Crippen LogP contribution in [-0.4, -0.2) is 62.8 Å². The lowest BCUT2D eigenvalue weighted by Gasteiger charge is -2.30. The highest BCUT2D eigenvalue weighted by molar-refractivity contribution is 9.10. The van der Waals surface area contributed by atoms with Crippen molar-refractivity contribution in [3.05, 3.63) is 28.6 Å². The predicted molar refractivity (Wildman–Crippen MR) is 120 cm³/mol. The number of sulfonamides is 1. The van der Waals surface area contributed by atoms with E-state index in [1.54, 1.807) is 17.9 Å². The Balaban J connectivity index is 1.62. The van der Waals surface area contributed by atoms with Crippen molar-refractivity contribution in [2.45, 2.75) is 25.3 Å². The van der Waals surface area contributed by atoms with Crippen molar-refractivity contribution in [1.29, 1.82) is 0 Å². The first-order chi connectivity index (χ1) is 15.1. The summed E-state index contributed by atoms with van der Waals surface area (Å²) in [5.41, 5.74) is -0.0393. The molecule has 0 aromatic carbocycles. The molecule has 1 aliphatic heterocycles. The molecule has 1 saturated heterocycles. The quantitative estimate of drug-likeness (QED) is 0.499. The molecule has 0 amide bonds. The molecule has 0 aliphatic carbocycles. The number of nitrogens with one attached hydrogen (secondary N) is 2.